The van der Waals surface area contributed by atoms with E-state index in [9.17, 15) is 0 Å². The minimum absolute atomic E-state index is 0.538. The molecule has 0 amide bonds. The first-order chi connectivity index (χ1) is 19.7. The minimum Gasteiger partial charge on any atom is -0.453 e. The predicted octanol–water partition coefficient (Wildman–Crippen LogP) is 10.3. The van der Waals surface area contributed by atoms with E-state index >= 15 is 0 Å². The van der Waals surface area contributed by atoms with E-state index in [1.54, 1.807) is 0 Å². The molecule has 0 saturated heterocycles. The van der Waals surface area contributed by atoms with Crippen molar-refractivity contribution in [2.45, 2.75) is 6.92 Å². The number of anilines is 2. The zero-order valence-corrected chi connectivity index (χ0v) is 22.0. The van der Waals surface area contributed by atoms with Gasteiger partial charge in [0.05, 0.1) is 11.3 Å². The number of allylic oxidation sites excluding steroid dienone is 4. The number of rotatable bonds is 6. The molecular weight excluding hydrogens is 492 g/mol. The molecule has 5 aromatic carbocycles. The molecule has 0 spiro atoms. The summed E-state index contributed by atoms with van der Waals surface area (Å²) in [5.41, 5.74) is 6.63. The molecule has 0 radical (unpaired) electrons. The summed E-state index contributed by atoms with van der Waals surface area (Å²) in [5.74, 6) is 0.538. The van der Waals surface area contributed by atoms with Gasteiger partial charge in [0, 0.05) is 22.2 Å². The van der Waals surface area contributed by atoms with Crippen LogP contribution in [0.1, 0.15) is 6.92 Å². The van der Waals surface area contributed by atoms with Crippen molar-refractivity contribution in [1.29, 1.82) is 0 Å². The monoisotopic (exact) mass is 518 g/mol. The molecule has 4 nitrogen and oxygen atoms in total. The Morgan fingerprint density at radius 3 is 2.40 bits per heavy atom. The Morgan fingerprint density at radius 1 is 0.775 bits per heavy atom. The largest absolute Gasteiger partial charge is 0.453 e. The summed E-state index contributed by atoms with van der Waals surface area (Å²) in [4.78, 5) is 6.95. The first kappa shape index (κ1) is 23.7. The molecule has 0 atom stereocenters. The molecule has 7 rings (SSSR count). The second-order valence-electron chi connectivity index (χ2n) is 9.64. The Kier molecular flexibility index (Phi) is 5.79. The quantitative estimate of drug-likeness (QED) is 0.205. The highest BCUT2D eigenvalue weighted by atomic mass is 16.4. The number of nitrogens with zero attached hydrogens (tertiary/aromatic N) is 2. The smallest absolute Gasteiger partial charge is 0.231 e. The van der Waals surface area contributed by atoms with E-state index < -0.39 is 0 Å². The van der Waals surface area contributed by atoms with Gasteiger partial charge in [-0.15, -0.1) is 0 Å². The molecule has 7 aromatic rings. The fraction of sp³-hybridized carbons (Fsp3) is 0.0278. The van der Waals surface area contributed by atoms with Crippen molar-refractivity contribution in [1.82, 2.24) is 4.98 Å². The van der Waals surface area contributed by atoms with E-state index in [0.717, 1.165) is 66.4 Å². The molecule has 0 unspecified atom stereocenters. The average molecular weight is 519 g/mol. The van der Waals surface area contributed by atoms with Crippen molar-refractivity contribution in [3.8, 4) is 11.5 Å². The molecule has 4 heteroatoms. The van der Waals surface area contributed by atoms with Gasteiger partial charge < -0.3 is 13.7 Å². The van der Waals surface area contributed by atoms with E-state index in [4.69, 9.17) is 13.8 Å². The molecular formula is C36H26N2O2. The lowest BCUT2D eigenvalue weighted by atomic mass is 10.00. The third kappa shape index (κ3) is 3.89. The highest BCUT2D eigenvalue weighted by molar-refractivity contribution is 6.23. The molecule has 0 N–H and O–H groups in total. The number of benzene rings is 5. The van der Waals surface area contributed by atoms with Crippen molar-refractivity contribution in [3.63, 3.8) is 0 Å². The zero-order valence-electron chi connectivity index (χ0n) is 22.0. The summed E-state index contributed by atoms with van der Waals surface area (Å²) in [6.07, 6.45) is 7.99. The Balaban J connectivity index is 1.54. The molecule has 0 aliphatic rings. The summed E-state index contributed by atoms with van der Waals surface area (Å²) in [6, 6.07) is 34.8. The van der Waals surface area contributed by atoms with Gasteiger partial charge in [-0.25, -0.2) is 4.98 Å². The van der Waals surface area contributed by atoms with Gasteiger partial charge in [-0.05, 0) is 60.2 Å². The molecule has 0 aliphatic carbocycles. The highest BCUT2D eigenvalue weighted by Gasteiger charge is 2.23. The second kappa shape index (κ2) is 9.75. The van der Waals surface area contributed by atoms with Gasteiger partial charge in [-0.2, -0.15) is 0 Å². The third-order valence-corrected chi connectivity index (χ3v) is 7.13. The first-order valence-corrected chi connectivity index (χ1v) is 13.3. The molecule has 2 heterocycles. The Hall–Kier alpha value is -5.35. The van der Waals surface area contributed by atoms with Crippen LogP contribution in [-0.4, -0.2) is 4.98 Å². The summed E-state index contributed by atoms with van der Waals surface area (Å²) in [7, 11) is 0. The van der Waals surface area contributed by atoms with Gasteiger partial charge in [-0.1, -0.05) is 91.5 Å². The third-order valence-electron chi connectivity index (χ3n) is 7.13. The lowest BCUT2D eigenvalue weighted by Gasteiger charge is -2.25. The van der Waals surface area contributed by atoms with Crippen LogP contribution in [0, 0.1) is 0 Å². The predicted molar refractivity (Wildman–Crippen MR) is 166 cm³/mol. The summed E-state index contributed by atoms with van der Waals surface area (Å²) >= 11 is 0. The maximum absolute atomic E-state index is 6.83. The standard InChI is InChI=1S/C36H26N2O2/c1-3-4-6-14-24(2)38(26-16-7-5-8-17-26)31-21-13-19-28-33-27-18-10-9-15-25(27)23-29(35(33)40-34(28)31)36-37-30-20-11-12-22-32(30)39-36/h3-23H,2H2,1H3/b4-3-,14-6-. The van der Waals surface area contributed by atoms with Crippen molar-refractivity contribution >= 4 is 55.2 Å². The van der Waals surface area contributed by atoms with Crippen molar-refractivity contribution in [2.24, 2.45) is 0 Å². The number of furan rings is 1. The molecule has 0 fully saturated rings. The Morgan fingerprint density at radius 2 is 1.55 bits per heavy atom. The first-order valence-electron chi connectivity index (χ1n) is 13.3. The van der Waals surface area contributed by atoms with Gasteiger partial charge in [0.25, 0.3) is 0 Å². The molecule has 40 heavy (non-hydrogen) atoms. The maximum Gasteiger partial charge on any atom is 0.231 e. The normalized spacial score (nSPS) is 12.0. The van der Waals surface area contributed by atoms with Crippen LogP contribution in [0.2, 0.25) is 0 Å². The molecule has 2 aromatic heterocycles. The summed E-state index contributed by atoms with van der Waals surface area (Å²) < 4.78 is 13.1. The van der Waals surface area contributed by atoms with Crippen LogP contribution in [0.25, 0.3) is 55.3 Å². The zero-order chi connectivity index (χ0) is 27.1. The number of para-hydroxylation sites is 4. The topological polar surface area (TPSA) is 42.4 Å². The summed E-state index contributed by atoms with van der Waals surface area (Å²) in [6.45, 7) is 6.41. The average Bonchev–Trinajstić information content (AvgIpc) is 3.60. The molecule has 192 valence electrons. The van der Waals surface area contributed by atoms with Crippen molar-refractivity contribution in [3.05, 3.63) is 140 Å². The van der Waals surface area contributed by atoms with Crippen molar-refractivity contribution < 1.29 is 8.83 Å². The van der Waals surface area contributed by atoms with E-state index in [0.29, 0.717) is 5.89 Å². The lowest BCUT2D eigenvalue weighted by molar-refractivity contribution is 0.615. The van der Waals surface area contributed by atoms with Gasteiger partial charge in [-0.3, -0.25) is 0 Å². The van der Waals surface area contributed by atoms with E-state index in [-0.39, 0.29) is 0 Å². The number of aromatic nitrogens is 1. The Labute approximate surface area is 231 Å². The van der Waals surface area contributed by atoms with Crippen LogP contribution >= 0.6 is 0 Å². The van der Waals surface area contributed by atoms with Gasteiger partial charge in [0.1, 0.15) is 11.1 Å². The molecule has 0 bridgehead atoms. The lowest BCUT2D eigenvalue weighted by Crippen LogP contribution is -2.14. The maximum atomic E-state index is 6.83. The van der Waals surface area contributed by atoms with Crippen molar-refractivity contribution in [2.75, 3.05) is 4.90 Å². The van der Waals surface area contributed by atoms with Crippen LogP contribution in [-0.2, 0) is 0 Å². The molecule has 0 saturated carbocycles. The number of hydrogen-bond acceptors (Lipinski definition) is 4. The SMILES string of the molecule is C=C(/C=C\C=C/C)N(c1ccccc1)c1cccc2c1oc1c(-c3nc4ccccc4o3)cc3ccccc3c12. The van der Waals surface area contributed by atoms with Gasteiger partial charge >= 0.3 is 0 Å². The summed E-state index contributed by atoms with van der Waals surface area (Å²) in [5, 5.41) is 4.27. The van der Waals surface area contributed by atoms with Crippen LogP contribution in [0.3, 0.4) is 0 Å². The number of fused-ring (bicyclic) bond motifs is 6. The van der Waals surface area contributed by atoms with Gasteiger partial charge in [0.2, 0.25) is 5.89 Å². The van der Waals surface area contributed by atoms with Crippen LogP contribution < -0.4 is 4.90 Å². The van der Waals surface area contributed by atoms with E-state index in [1.807, 2.05) is 73.7 Å². The minimum atomic E-state index is 0.538. The fourth-order valence-electron chi connectivity index (χ4n) is 5.34. The highest BCUT2D eigenvalue weighted by Crippen LogP contribution is 2.45. The molecule has 0 aliphatic heterocycles. The second-order valence-corrected chi connectivity index (χ2v) is 9.64. The Bertz CT molecular complexity index is 2060. The fourth-order valence-corrected chi connectivity index (χ4v) is 5.34. The van der Waals surface area contributed by atoms with Crippen LogP contribution in [0.15, 0.2) is 149 Å². The van der Waals surface area contributed by atoms with E-state index in [1.165, 1.54) is 0 Å². The number of oxazole rings is 1. The van der Waals surface area contributed by atoms with E-state index in [2.05, 4.69) is 72.1 Å². The van der Waals surface area contributed by atoms with Gasteiger partial charge in [0.15, 0.2) is 11.2 Å². The van der Waals surface area contributed by atoms with Crippen LogP contribution in [0.4, 0.5) is 11.4 Å². The van der Waals surface area contributed by atoms with Crippen LogP contribution in [0.5, 0.6) is 0 Å². The number of hydrogen-bond donors (Lipinski definition) is 0.